The Hall–Kier alpha value is -1.04. The number of piperidine rings is 1. The van der Waals surface area contributed by atoms with Gasteiger partial charge in [-0.2, -0.15) is 13.2 Å². The normalized spacial score (nSPS) is 27.1. The summed E-state index contributed by atoms with van der Waals surface area (Å²) < 4.78 is 37.6. The first-order chi connectivity index (χ1) is 6.95. The molecule has 0 aromatic rings. The van der Waals surface area contributed by atoms with E-state index in [1.165, 1.54) is 0 Å². The van der Waals surface area contributed by atoms with Gasteiger partial charge in [0.2, 0.25) is 5.91 Å². The quantitative estimate of drug-likeness (QED) is 0.679. The highest BCUT2D eigenvalue weighted by molar-refractivity contribution is 5.87. The summed E-state index contributed by atoms with van der Waals surface area (Å²) in [5, 5.41) is 5.10. The van der Waals surface area contributed by atoms with Crippen LogP contribution in [0.1, 0.15) is 6.42 Å². The summed E-state index contributed by atoms with van der Waals surface area (Å²) in [5.74, 6) is -2.04. The van der Waals surface area contributed by atoms with Crippen molar-refractivity contribution in [3.8, 4) is 0 Å². The molecule has 0 aromatic heterocycles. The number of hydrogen-bond acceptors (Lipinski definition) is 2. The fraction of sp³-hybridized carbons (Fsp3) is 0.667. The van der Waals surface area contributed by atoms with E-state index in [2.05, 4.69) is 17.2 Å². The van der Waals surface area contributed by atoms with Crippen molar-refractivity contribution >= 4 is 5.91 Å². The van der Waals surface area contributed by atoms with Crippen LogP contribution in [0, 0.1) is 5.92 Å². The molecule has 1 amide bonds. The molecule has 86 valence electrons. The molecule has 1 fully saturated rings. The summed E-state index contributed by atoms with van der Waals surface area (Å²) in [6, 6.07) is -0.899. The lowest BCUT2D eigenvalue weighted by Crippen LogP contribution is -2.55. The first kappa shape index (κ1) is 12.0. The monoisotopic (exact) mass is 222 g/mol. The van der Waals surface area contributed by atoms with Crippen molar-refractivity contribution in [2.45, 2.75) is 18.6 Å². The largest absolute Gasteiger partial charge is 0.393 e. The molecule has 6 heteroatoms. The van der Waals surface area contributed by atoms with Crippen LogP contribution in [0.5, 0.6) is 0 Å². The summed E-state index contributed by atoms with van der Waals surface area (Å²) in [7, 11) is 0. The van der Waals surface area contributed by atoms with Gasteiger partial charge in [0.15, 0.2) is 0 Å². The summed E-state index contributed by atoms with van der Waals surface area (Å²) in [5.41, 5.74) is 0. The zero-order chi connectivity index (χ0) is 11.5. The van der Waals surface area contributed by atoms with Gasteiger partial charge in [-0.3, -0.25) is 4.79 Å². The highest BCUT2D eigenvalue weighted by atomic mass is 19.4. The molecule has 0 aliphatic carbocycles. The molecular formula is C9H13F3N2O. The summed E-state index contributed by atoms with van der Waals surface area (Å²) in [4.78, 5) is 10.9. The molecule has 0 aromatic carbocycles. The molecule has 0 radical (unpaired) electrons. The Morgan fingerprint density at radius 3 is 2.73 bits per heavy atom. The SMILES string of the molecule is C=CC(=O)NC1CNCCC1C(F)(F)F. The molecule has 1 saturated heterocycles. The molecule has 15 heavy (non-hydrogen) atoms. The van der Waals surface area contributed by atoms with Crippen molar-refractivity contribution in [1.29, 1.82) is 0 Å². The van der Waals surface area contributed by atoms with E-state index in [4.69, 9.17) is 0 Å². The third-order valence-electron chi connectivity index (χ3n) is 2.42. The summed E-state index contributed by atoms with van der Waals surface area (Å²) in [6.07, 6.45) is -3.30. The van der Waals surface area contributed by atoms with E-state index in [0.29, 0.717) is 6.54 Å². The highest BCUT2D eigenvalue weighted by Crippen LogP contribution is 2.32. The lowest BCUT2D eigenvalue weighted by Gasteiger charge is -2.33. The molecule has 1 rings (SSSR count). The summed E-state index contributed by atoms with van der Waals surface area (Å²) >= 11 is 0. The van der Waals surface area contributed by atoms with Gasteiger partial charge in [0.1, 0.15) is 0 Å². The van der Waals surface area contributed by atoms with Gasteiger partial charge in [0.25, 0.3) is 0 Å². The van der Waals surface area contributed by atoms with E-state index in [1.807, 2.05) is 0 Å². The molecule has 0 bridgehead atoms. The second kappa shape index (κ2) is 4.65. The standard InChI is InChI=1S/C9H13F3N2O/c1-2-8(15)14-7-5-13-4-3-6(7)9(10,11)12/h2,6-7,13H,1,3-5H2,(H,14,15). The number of hydrogen-bond donors (Lipinski definition) is 2. The van der Waals surface area contributed by atoms with Crippen LogP contribution in [0.15, 0.2) is 12.7 Å². The molecule has 0 spiro atoms. The fourth-order valence-corrected chi connectivity index (χ4v) is 1.64. The van der Waals surface area contributed by atoms with E-state index in [0.717, 1.165) is 6.08 Å². The second-order valence-corrected chi connectivity index (χ2v) is 3.46. The molecule has 2 atom stereocenters. The van der Waals surface area contributed by atoms with E-state index in [9.17, 15) is 18.0 Å². The van der Waals surface area contributed by atoms with Gasteiger partial charge < -0.3 is 10.6 Å². The third kappa shape index (κ3) is 3.23. The van der Waals surface area contributed by atoms with Gasteiger partial charge >= 0.3 is 6.18 Å². The van der Waals surface area contributed by atoms with Crippen LogP contribution in [0.3, 0.4) is 0 Å². The fourth-order valence-electron chi connectivity index (χ4n) is 1.64. The molecule has 1 heterocycles. The minimum Gasteiger partial charge on any atom is -0.348 e. The smallest absolute Gasteiger partial charge is 0.348 e. The maximum absolute atomic E-state index is 12.5. The van der Waals surface area contributed by atoms with Gasteiger partial charge in [-0.15, -0.1) is 0 Å². The van der Waals surface area contributed by atoms with Gasteiger partial charge in [0, 0.05) is 6.54 Å². The minimum absolute atomic E-state index is 0.00834. The zero-order valence-electron chi connectivity index (χ0n) is 8.10. The zero-order valence-corrected chi connectivity index (χ0v) is 8.10. The lowest BCUT2D eigenvalue weighted by atomic mass is 9.92. The van der Waals surface area contributed by atoms with E-state index >= 15 is 0 Å². The van der Waals surface area contributed by atoms with Crippen LogP contribution in [0.25, 0.3) is 0 Å². The number of carbonyl (C=O) groups is 1. The van der Waals surface area contributed by atoms with E-state index in [-0.39, 0.29) is 13.0 Å². The number of amides is 1. The van der Waals surface area contributed by atoms with Crippen LogP contribution < -0.4 is 10.6 Å². The molecule has 3 nitrogen and oxygen atoms in total. The average molecular weight is 222 g/mol. The number of carbonyl (C=O) groups excluding carboxylic acids is 1. The number of nitrogens with one attached hydrogen (secondary N) is 2. The van der Waals surface area contributed by atoms with E-state index < -0.39 is 24.0 Å². The van der Waals surface area contributed by atoms with Crippen LogP contribution in [-0.2, 0) is 4.79 Å². The Morgan fingerprint density at radius 2 is 2.20 bits per heavy atom. The Morgan fingerprint density at radius 1 is 1.53 bits per heavy atom. The first-order valence-corrected chi connectivity index (χ1v) is 4.65. The predicted molar refractivity (Wildman–Crippen MR) is 49.2 cm³/mol. The summed E-state index contributed by atoms with van der Waals surface area (Å²) in [6.45, 7) is 3.67. The van der Waals surface area contributed by atoms with Crippen molar-refractivity contribution < 1.29 is 18.0 Å². The first-order valence-electron chi connectivity index (χ1n) is 4.65. The molecule has 2 unspecified atom stereocenters. The van der Waals surface area contributed by atoms with Crippen LogP contribution in [0.4, 0.5) is 13.2 Å². The Bertz CT molecular complexity index is 252. The Labute approximate surface area is 85.7 Å². The molecule has 0 saturated carbocycles. The maximum Gasteiger partial charge on any atom is 0.393 e. The third-order valence-corrected chi connectivity index (χ3v) is 2.42. The maximum atomic E-state index is 12.5. The number of alkyl halides is 3. The van der Waals surface area contributed by atoms with Crippen molar-refractivity contribution in [2.75, 3.05) is 13.1 Å². The van der Waals surface area contributed by atoms with Crippen molar-refractivity contribution in [2.24, 2.45) is 5.92 Å². The minimum atomic E-state index is -4.26. The van der Waals surface area contributed by atoms with Gasteiger partial charge in [-0.1, -0.05) is 6.58 Å². The van der Waals surface area contributed by atoms with Gasteiger partial charge in [-0.25, -0.2) is 0 Å². The van der Waals surface area contributed by atoms with Crippen LogP contribution in [0.2, 0.25) is 0 Å². The van der Waals surface area contributed by atoms with Crippen LogP contribution in [-0.4, -0.2) is 31.2 Å². The van der Waals surface area contributed by atoms with Gasteiger partial charge in [-0.05, 0) is 19.0 Å². The van der Waals surface area contributed by atoms with Crippen LogP contribution >= 0.6 is 0 Å². The van der Waals surface area contributed by atoms with E-state index in [1.54, 1.807) is 0 Å². The van der Waals surface area contributed by atoms with Crippen molar-refractivity contribution in [1.82, 2.24) is 10.6 Å². The number of rotatable bonds is 2. The van der Waals surface area contributed by atoms with Crippen molar-refractivity contribution in [3.05, 3.63) is 12.7 Å². The highest BCUT2D eigenvalue weighted by Gasteiger charge is 2.45. The van der Waals surface area contributed by atoms with Crippen molar-refractivity contribution in [3.63, 3.8) is 0 Å². The topological polar surface area (TPSA) is 41.1 Å². The Balaban J connectivity index is 2.65. The molecule has 1 aliphatic rings. The molecule has 2 N–H and O–H groups in total. The average Bonchev–Trinajstić information content (AvgIpc) is 2.17. The second-order valence-electron chi connectivity index (χ2n) is 3.46. The predicted octanol–water partition coefficient (Wildman–Crippen LogP) is 0.829. The molecule has 1 aliphatic heterocycles. The molecular weight excluding hydrogens is 209 g/mol. The lowest BCUT2D eigenvalue weighted by molar-refractivity contribution is -0.187. The Kier molecular flexibility index (Phi) is 3.73. The van der Waals surface area contributed by atoms with Gasteiger partial charge in [0.05, 0.1) is 12.0 Å². The number of halogens is 3.